The van der Waals surface area contributed by atoms with Crippen molar-refractivity contribution in [3.05, 3.63) is 11.6 Å². The molecule has 1 saturated carbocycles. The number of hydrogen-bond acceptors (Lipinski definition) is 1. The van der Waals surface area contributed by atoms with E-state index in [-0.39, 0.29) is 16.7 Å². The summed E-state index contributed by atoms with van der Waals surface area (Å²) >= 11 is 3.85. The average Bonchev–Trinajstić information content (AvgIpc) is 2.69. The Hall–Kier alpha value is -0.110. The molecule has 96 valence electrons. The van der Waals surface area contributed by atoms with E-state index in [4.69, 9.17) is 0 Å². The summed E-state index contributed by atoms with van der Waals surface area (Å²) in [5.74, 6) is 0.664. The van der Waals surface area contributed by atoms with Crippen molar-refractivity contribution in [3.8, 4) is 0 Å². The van der Waals surface area contributed by atoms with E-state index in [1.807, 2.05) is 0 Å². The van der Waals surface area contributed by atoms with Crippen molar-refractivity contribution < 1.29 is 4.79 Å². The Labute approximate surface area is 113 Å². The predicted octanol–water partition coefficient (Wildman–Crippen LogP) is 4.50. The third kappa shape index (κ3) is 1.83. The van der Waals surface area contributed by atoms with E-state index in [0.29, 0.717) is 10.6 Å². The van der Waals surface area contributed by atoms with Crippen LogP contribution in [0.15, 0.2) is 11.6 Å². The third-order valence-corrected chi connectivity index (χ3v) is 7.01. The summed E-state index contributed by atoms with van der Waals surface area (Å²) in [4.78, 5) is 12.2. The van der Waals surface area contributed by atoms with Crippen LogP contribution in [0, 0.1) is 16.7 Å². The van der Waals surface area contributed by atoms with Crippen molar-refractivity contribution in [2.45, 2.75) is 58.2 Å². The van der Waals surface area contributed by atoms with Gasteiger partial charge >= 0.3 is 0 Å². The van der Waals surface area contributed by atoms with Crippen LogP contribution in [0.3, 0.4) is 0 Å². The number of ketones is 1. The van der Waals surface area contributed by atoms with Gasteiger partial charge in [0.05, 0.1) is 0 Å². The summed E-state index contributed by atoms with van der Waals surface area (Å²) in [5, 5.41) is 0. The second kappa shape index (κ2) is 4.22. The van der Waals surface area contributed by atoms with Gasteiger partial charge in [-0.3, -0.25) is 4.79 Å². The Morgan fingerprint density at radius 1 is 1.47 bits per heavy atom. The number of carbonyl (C=O) groups is 1. The van der Waals surface area contributed by atoms with Crippen LogP contribution in [-0.2, 0) is 4.79 Å². The summed E-state index contributed by atoms with van der Waals surface area (Å²) in [5.41, 5.74) is 2.01. The predicted molar refractivity (Wildman–Crippen MR) is 75.3 cm³/mol. The fraction of sp³-hybridized carbons (Fsp3) is 0.800. The molecule has 2 aliphatic carbocycles. The zero-order valence-electron chi connectivity index (χ0n) is 11.3. The number of allylic oxidation sites excluding steroid dienone is 2. The van der Waals surface area contributed by atoms with Gasteiger partial charge in [0.15, 0.2) is 0 Å². The van der Waals surface area contributed by atoms with E-state index in [1.54, 1.807) is 6.92 Å². The van der Waals surface area contributed by atoms with E-state index in [9.17, 15) is 4.79 Å². The Morgan fingerprint density at radius 2 is 2.12 bits per heavy atom. The van der Waals surface area contributed by atoms with Gasteiger partial charge in [0.25, 0.3) is 0 Å². The lowest BCUT2D eigenvalue weighted by molar-refractivity contribution is -0.120. The van der Waals surface area contributed by atoms with Gasteiger partial charge in [0.2, 0.25) is 0 Å². The quantitative estimate of drug-likeness (QED) is 0.514. The highest BCUT2D eigenvalue weighted by Gasteiger charge is 2.55. The lowest BCUT2D eigenvalue weighted by atomic mass is 9.56. The zero-order chi connectivity index (χ0) is 12.8. The molecule has 2 aliphatic rings. The molecule has 0 bridgehead atoms. The topological polar surface area (TPSA) is 17.1 Å². The third-order valence-electron chi connectivity index (χ3n) is 5.49. The first-order valence-electron chi connectivity index (χ1n) is 6.63. The molecule has 2 rings (SSSR count). The molecule has 0 N–H and O–H groups in total. The van der Waals surface area contributed by atoms with Crippen LogP contribution in [0.25, 0.3) is 0 Å². The Bertz CT molecular complexity index is 369. The molecule has 0 aliphatic heterocycles. The first-order valence-corrected chi connectivity index (χ1v) is 7.54. The number of alkyl halides is 1. The van der Waals surface area contributed by atoms with Crippen LogP contribution < -0.4 is 0 Å². The van der Waals surface area contributed by atoms with Crippen LogP contribution in [0.1, 0.15) is 53.4 Å². The fourth-order valence-electron chi connectivity index (χ4n) is 3.91. The molecule has 1 nitrogen and oxygen atoms in total. The normalized spacial score (nSPS) is 40.4. The summed E-state index contributed by atoms with van der Waals surface area (Å²) in [6.07, 6.45) is 6.80. The van der Waals surface area contributed by atoms with Crippen molar-refractivity contribution in [2.75, 3.05) is 0 Å². The number of carbonyl (C=O) groups excluding carboxylic acids is 1. The van der Waals surface area contributed by atoms with Crippen molar-refractivity contribution in [2.24, 2.45) is 16.7 Å². The maximum absolute atomic E-state index is 11.6. The molecule has 1 unspecified atom stereocenters. The van der Waals surface area contributed by atoms with Crippen LogP contribution >= 0.6 is 15.9 Å². The van der Waals surface area contributed by atoms with Gasteiger partial charge < -0.3 is 0 Å². The van der Waals surface area contributed by atoms with E-state index in [1.165, 1.54) is 12.0 Å². The molecule has 3 atom stereocenters. The minimum atomic E-state index is 0.246. The minimum Gasteiger partial charge on any atom is -0.300 e. The molecule has 1 fully saturated rings. The van der Waals surface area contributed by atoms with E-state index < -0.39 is 0 Å². The summed E-state index contributed by atoms with van der Waals surface area (Å²) in [7, 11) is 0. The zero-order valence-corrected chi connectivity index (χ0v) is 12.9. The second-order valence-corrected chi connectivity index (χ2v) is 7.55. The lowest BCUT2D eigenvalue weighted by Gasteiger charge is -2.51. The van der Waals surface area contributed by atoms with E-state index >= 15 is 0 Å². The van der Waals surface area contributed by atoms with E-state index in [2.05, 4.69) is 42.8 Å². The molecule has 0 amide bonds. The molecular weight excluding hydrogens is 276 g/mol. The summed E-state index contributed by atoms with van der Waals surface area (Å²) in [6, 6.07) is 0. The van der Waals surface area contributed by atoms with Crippen molar-refractivity contribution >= 4 is 21.7 Å². The van der Waals surface area contributed by atoms with Gasteiger partial charge in [-0.15, -0.1) is 0 Å². The summed E-state index contributed by atoms with van der Waals surface area (Å²) < 4.78 is 0. The van der Waals surface area contributed by atoms with Crippen LogP contribution in [0.4, 0.5) is 0 Å². The molecule has 1 spiro atoms. The van der Waals surface area contributed by atoms with Crippen LogP contribution in [0.5, 0.6) is 0 Å². The first kappa shape index (κ1) is 13.3. The van der Waals surface area contributed by atoms with Crippen molar-refractivity contribution in [1.29, 1.82) is 0 Å². The second-order valence-electron chi connectivity index (χ2n) is 6.44. The highest BCUT2D eigenvalue weighted by molar-refractivity contribution is 9.09. The Kier molecular flexibility index (Phi) is 3.31. The van der Waals surface area contributed by atoms with Crippen LogP contribution in [-0.4, -0.2) is 10.6 Å². The molecule has 0 aromatic heterocycles. The molecule has 0 aromatic rings. The highest BCUT2D eigenvalue weighted by Crippen LogP contribution is 2.62. The maximum atomic E-state index is 11.6. The van der Waals surface area contributed by atoms with Gasteiger partial charge in [0, 0.05) is 10.7 Å². The van der Waals surface area contributed by atoms with Gasteiger partial charge in [-0.2, -0.15) is 0 Å². The largest absolute Gasteiger partial charge is 0.300 e. The number of rotatable bonds is 1. The average molecular weight is 299 g/mol. The fourth-order valence-corrected chi connectivity index (χ4v) is 4.54. The molecule has 0 heterocycles. The first-order chi connectivity index (χ1) is 7.81. The van der Waals surface area contributed by atoms with Gasteiger partial charge in [-0.05, 0) is 50.4 Å². The number of Topliss-reactive ketones (excluding diaryl/α,β-unsaturated/α-hetero) is 1. The SMILES string of the molecule is CC(=O)C1CC[C@]2(C1)C(C)=CC[C@@H](Br)C2(C)C. The number of hydrogen-bond donors (Lipinski definition) is 0. The van der Waals surface area contributed by atoms with Gasteiger partial charge in [-0.1, -0.05) is 41.4 Å². The Balaban J connectivity index is 2.38. The highest BCUT2D eigenvalue weighted by atomic mass is 79.9. The number of halogens is 1. The van der Waals surface area contributed by atoms with Gasteiger partial charge in [-0.25, -0.2) is 0 Å². The molecule has 2 heteroatoms. The summed E-state index contributed by atoms with van der Waals surface area (Å²) in [6.45, 7) is 8.75. The molecule has 17 heavy (non-hydrogen) atoms. The van der Waals surface area contributed by atoms with Crippen LogP contribution in [0.2, 0.25) is 0 Å². The van der Waals surface area contributed by atoms with Crippen molar-refractivity contribution in [3.63, 3.8) is 0 Å². The monoisotopic (exact) mass is 298 g/mol. The molecular formula is C15H23BrO. The van der Waals surface area contributed by atoms with E-state index in [0.717, 1.165) is 19.3 Å². The lowest BCUT2D eigenvalue weighted by Crippen LogP contribution is -2.45. The molecule has 0 saturated heterocycles. The Morgan fingerprint density at radius 3 is 2.65 bits per heavy atom. The molecule has 0 aromatic carbocycles. The van der Waals surface area contributed by atoms with Gasteiger partial charge in [0.1, 0.15) is 5.78 Å². The van der Waals surface area contributed by atoms with Crippen molar-refractivity contribution in [1.82, 2.24) is 0 Å². The maximum Gasteiger partial charge on any atom is 0.132 e. The smallest absolute Gasteiger partial charge is 0.132 e. The standard InChI is InChI=1S/C15H23BrO/c1-10-5-6-13(16)14(3,4)15(10)8-7-12(9-15)11(2)17/h5,12-13H,6-9H2,1-4H3/t12?,13-,15+/m1/s1. The minimum absolute atomic E-state index is 0.246. The molecule has 0 radical (unpaired) electrons.